The fraction of sp³-hybridized carbons (Fsp3) is 0.125. The van der Waals surface area contributed by atoms with E-state index in [2.05, 4.69) is 15.4 Å². The van der Waals surface area contributed by atoms with Gasteiger partial charge in [0.05, 0.1) is 16.6 Å². The van der Waals surface area contributed by atoms with Crippen molar-refractivity contribution in [2.24, 2.45) is 0 Å². The number of thioether (sulfide) groups is 1. The minimum absolute atomic E-state index is 0.174. The lowest BCUT2D eigenvalue weighted by Crippen LogP contribution is -2.22. The highest BCUT2D eigenvalue weighted by atomic mass is 35.5. The average Bonchev–Trinajstić information content (AvgIpc) is 2.98. The molecule has 1 amide bonds. The number of nitrogens with zero attached hydrogens (tertiary/aromatic N) is 3. The van der Waals surface area contributed by atoms with E-state index in [1.54, 1.807) is 23.0 Å². The molecule has 1 N–H and O–H groups in total. The Morgan fingerprint density at radius 3 is 2.80 bits per heavy atom. The number of carbonyl (C=O) groups is 1. The highest BCUT2D eigenvalue weighted by Gasteiger charge is 2.18. The van der Waals surface area contributed by atoms with Crippen LogP contribution in [0.25, 0.3) is 5.69 Å². The second-order valence-corrected chi connectivity index (χ2v) is 8.54. The summed E-state index contributed by atoms with van der Waals surface area (Å²) < 4.78 is 3.07. The molecule has 0 radical (unpaired) electrons. The van der Waals surface area contributed by atoms with Crippen molar-refractivity contribution >= 4 is 58.5 Å². The number of carbonyl (C=O) groups excluding carboxylic acids is 1. The number of benzene rings is 1. The summed E-state index contributed by atoms with van der Waals surface area (Å²) in [4.78, 5) is 16.3. The van der Waals surface area contributed by atoms with E-state index in [4.69, 9.17) is 23.8 Å². The topological polar surface area (TPSA) is 59.8 Å². The van der Waals surface area contributed by atoms with Crippen molar-refractivity contribution in [3.63, 3.8) is 0 Å². The number of nitrogens with one attached hydrogen (secondary N) is 1. The fourth-order valence-electron chi connectivity index (χ4n) is 1.96. The van der Waals surface area contributed by atoms with Gasteiger partial charge in [-0.3, -0.25) is 4.79 Å². The van der Waals surface area contributed by atoms with Gasteiger partial charge in [-0.2, -0.15) is 0 Å². The standard InChI is InChI=1S/C16H13ClN4OS3/c1-10(14(22)19-12-8-5-9-18-13(12)17)24-15-20-21(16(23)25-15)11-6-3-2-4-7-11/h2-10H,1H3,(H,19,22)/t10-/m1/s1. The summed E-state index contributed by atoms with van der Waals surface area (Å²) in [6.45, 7) is 1.81. The molecule has 25 heavy (non-hydrogen) atoms. The Bertz CT molecular complexity index is 942. The fourth-order valence-corrected chi connectivity index (χ4v) is 4.63. The first-order valence-electron chi connectivity index (χ1n) is 7.28. The molecule has 0 spiro atoms. The maximum atomic E-state index is 12.4. The van der Waals surface area contributed by atoms with E-state index in [0.717, 1.165) is 10.0 Å². The van der Waals surface area contributed by atoms with Crippen LogP contribution in [0.1, 0.15) is 6.92 Å². The molecule has 0 unspecified atom stereocenters. The second-order valence-electron chi connectivity index (χ2n) is 4.97. The van der Waals surface area contributed by atoms with Crippen LogP contribution < -0.4 is 5.32 Å². The zero-order valence-electron chi connectivity index (χ0n) is 13.0. The lowest BCUT2D eigenvalue weighted by Gasteiger charge is -2.10. The van der Waals surface area contributed by atoms with Crippen molar-refractivity contribution < 1.29 is 4.79 Å². The van der Waals surface area contributed by atoms with Crippen molar-refractivity contribution in [1.82, 2.24) is 14.8 Å². The molecular formula is C16H13ClN4OS3. The van der Waals surface area contributed by atoms with Crippen molar-refractivity contribution in [1.29, 1.82) is 0 Å². The van der Waals surface area contributed by atoms with Crippen LogP contribution in [0.4, 0.5) is 5.69 Å². The van der Waals surface area contributed by atoms with Crippen LogP contribution in [0.2, 0.25) is 5.15 Å². The second kappa shape index (κ2) is 8.09. The molecule has 1 aromatic carbocycles. The molecule has 9 heteroatoms. The quantitative estimate of drug-likeness (QED) is 0.372. The number of halogens is 1. The minimum atomic E-state index is -0.360. The molecule has 0 saturated heterocycles. The van der Waals surface area contributed by atoms with E-state index in [-0.39, 0.29) is 16.3 Å². The predicted octanol–water partition coefficient (Wildman–Crippen LogP) is 4.83. The molecule has 2 heterocycles. The van der Waals surface area contributed by atoms with Gasteiger partial charge in [-0.05, 0) is 43.4 Å². The summed E-state index contributed by atoms with van der Waals surface area (Å²) in [7, 11) is 0. The van der Waals surface area contributed by atoms with Crippen LogP contribution in [0, 0.1) is 3.95 Å². The molecule has 3 aromatic rings. The lowest BCUT2D eigenvalue weighted by atomic mass is 10.3. The summed E-state index contributed by atoms with van der Waals surface area (Å²) in [6.07, 6.45) is 1.57. The van der Waals surface area contributed by atoms with Crippen LogP contribution in [-0.4, -0.2) is 25.9 Å². The number of aromatic nitrogens is 3. The highest BCUT2D eigenvalue weighted by Crippen LogP contribution is 2.28. The number of rotatable bonds is 5. The van der Waals surface area contributed by atoms with Gasteiger partial charge >= 0.3 is 0 Å². The molecule has 0 aliphatic rings. The van der Waals surface area contributed by atoms with Crippen LogP contribution in [0.5, 0.6) is 0 Å². The molecule has 0 aliphatic heterocycles. The molecule has 2 aromatic heterocycles. The Morgan fingerprint density at radius 1 is 1.32 bits per heavy atom. The number of anilines is 1. The van der Waals surface area contributed by atoms with Crippen molar-refractivity contribution in [3.8, 4) is 5.69 Å². The monoisotopic (exact) mass is 408 g/mol. The molecule has 0 fully saturated rings. The zero-order valence-corrected chi connectivity index (χ0v) is 16.3. The zero-order chi connectivity index (χ0) is 17.8. The molecule has 1 atom stereocenters. The van der Waals surface area contributed by atoms with Crippen LogP contribution in [0.3, 0.4) is 0 Å². The molecule has 0 saturated carbocycles. The maximum absolute atomic E-state index is 12.4. The van der Waals surface area contributed by atoms with Gasteiger partial charge in [0.15, 0.2) is 13.4 Å². The van der Waals surface area contributed by atoms with E-state index >= 15 is 0 Å². The van der Waals surface area contributed by atoms with Crippen molar-refractivity contribution in [2.75, 3.05) is 5.32 Å². The summed E-state index contributed by atoms with van der Waals surface area (Å²) in [5, 5.41) is 7.18. The number of para-hydroxylation sites is 1. The van der Waals surface area contributed by atoms with Crippen LogP contribution in [0.15, 0.2) is 53.0 Å². The predicted molar refractivity (Wildman–Crippen MR) is 105 cm³/mol. The molecule has 128 valence electrons. The van der Waals surface area contributed by atoms with E-state index in [1.165, 1.54) is 23.1 Å². The first-order valence-corrected chi connectivity index (χ1v) is 9.76. The first-order chi connectivity index (χ1) is 12.0. The van der Waals surface area contributed by atoms with Gasteiger partial charge in [-0.25, -0.2) is 9.67 Å². The van der Waals surface area contributed by atoms with Gasteiger partial charge in [0.2, 0.25) is 5.91 Å². The number of hydrogen-bond acceptors (Lipinski definition) is 6. The Kier molecular flexibility index (Phi) is 5.85. The minimum Gasteiger partial charge on any atom is -0.322 e. The summed E-state index contributed by atoms with van der Waals surface area (Å²) in [5.74, 6) is -0.174. The van der Waals surface area contributed by atoms with Gasteiger partial charge < -0.3 is 5.32 Å². The van der Waals surface area contributed by atoms with E-state index in [0.29, 0.717) is 9.64 Å². The Morgan fingerprint density at radius 2 is 2.08 bits per heavy atom. The van der Waals surface area contributed by atoms with E-state index < -0.39 is 0 Å². The third-order valence-corrected chi connectivity index (χ3v) is 5.91. The highest BCUT2D eigenvalue weighted by molar-refractivity contribution is 8.02. The van der Waals surface area contributed by atoms with E-state index in [9.17, 15) is 4.79 Å². The average molecular weight is 409 g/mol. The Balaban J connectivity index is 1.71. The number of pyridine rings is 1. The number of amides is 1. The van der Waals surface area contributed by atoms with Crippen molar-refractivity contribution in [2.45, 2.75) is 16.5 Å². The largest absolute Gasteiger partial charge is 0.322 e. The van der Waals surface area contributed by atoms with Gasteiger partial charge in [0.1, 0.15) is 0 Å². The van der Waals surface area contributed by atoms with E-state index in [1.807, 2.05) is 37.3 Å². The summed E-state index contributed by atoms with van der Waals surface area (Å²) >= 11 is 14.1. The molecule has 5 nitrogen and oxygen atoms in total. The van der Waals surface area contributed by atoms with Crippen LogP contribution >= 0.6 is 46.9 Å². The molecular weight excluding hydrogens is 396 g/mol. The lowest BCUT2D eigenvalue weighted by molar-refractivity contribution is -0.115. The normalized spacial score (nSPS) is 11.9. The van der Waals surface area contributed by atoms with Gasteiger partial charge in [-0.15, -0.1) is 5.10 Å². The third kappa shape index (κ3) is 4.46. The molecule has 0 aliphatic carbocycles. The maximum Gasteiger partial charge on any atom is 0.237 e. The molecule has 3 rings (SSSR count). The Labute approximate surface area is 163 Å². The van der Waals surface area contributed by atoms with Gasteiger partial charge in [0.25, 0.3) is 0 Å². The summed E-state index contributed by atoms with van der Waals surface area (Å²) in [5.41, 5.74) is 1.39. The SMILES string of the molecule is C[C@@H](Sc1nn(-c2ccccc2)c(=S)s1)C(=O)Nc1cccnc1Cl. The van der Waals surface area contributed by atoms with Crippen LogP contribution in [-0.2, 0) is 4.79 Å². The van der Waals surface area contributed by atoms with Gasteiger partial charge in [0, 0.05) is 6.20 Å². The smallest absolute Gasteiger partial charge is 0.237 e. The summed E-state index contributed by atoms with van der Waals surface area (Å²) in [6, 6.07) is 13.1. The first kappa shape index (κ1) is 18.1. The third-order valence-electron chi connectivity index (χ3n) is 3.19. The van der Waals surface area contributed by atoms with Gasteiger partial charge in [-0.1, -0.05) is 52.9 Å². The van der Waals surface area contributed by atoms with Crippen molar-refractivity contribution in [3.05, 3.63) is 57.8 Å². The Hall–Kier alpha value is -1.74. The number of hydrogen-bond donors (Lipinski definition) is 1. The molecule has 0 bridgehead atoms.